The van der Waals surface area contributed by atoms with Gasteiger partial charge in [-0.1, -0.05) is 43.3 Å². The van der Waals surface area contributed by atoms with Crippen LogP contribution in [0.2, 0.25) is 18.6 Å². The maximum absolute atomic E-state index is 15.0. The second-order valence-electron chi connectivity index (χ2n) is 14.9. The van der Waals surface area contributed by atoms with E-state index in [2.05, 4.69) is 0 Å². The molecular weight excluding hydrogens is 663 g/mol. The average molecular weight is 706 g/mol. The highest BCUT2D eigenvalue weighted by atomic mass is 28.4. The topological polar surface area (TPSA) is 120 Å². The zero-order chi connectivity index (χ0) is 35.8. The molecule has 1 spiro atoms. The number of aliphatic hydroxyl groups excluding tert-OH is 1. The zero-order valence-electron chi connectivity index (χ0n) is 29.3. The first kappa shape index (κ1) is 33.6. The van der Waals surface area contributed by atoms with Crippen LogP contribution in [0.3, 0.4) is 0 Å². The summed E-state index contributed by atoms with van der Waals surface area (Å²) in [6.45, 7) is 6.32. The molecule has 51 heavy (non-hydrogen) atoms. The lowest BCUT2D eigenvalue weighted by atomic mass is 9.82. The number of rotatable bonds is 8. The number of hydrogen-bond donors (Lipinski definition) is 2. The Balaban J connectivity index is 1.15. The van der Waals surface area contributed by atoms with Gasteiger partial charge < -0.3 is 29.2 Å². The molecule has 264 valence electrons. The van der Waals surface area contributed by atoms with Crippen molar-refractivity contribution in [3.05, 3.63) is 95.6 Å². The van der Waals surface area contributed by atoms with Crippen LogP contribution < -0.4 is 14.5 Å². The largest absolute Gasteiger partial charge is 0.497 e. The molecule has 2 saturated heterocycles. The number of methoxy groups -OCH3 is 1. The van der Waals surface area contributed by atoms with Crippen molar-refractivity contribution in [2.75, 3.05) is 30.1 Å². The molecule has 4 aromatic carbocycles. The van der Waals surface area contributed by atoms with Gasteiger partial charge in [0, 0.05) is 34.6 Å². The van der Waals surface area contributed by atoms with Crippen LogP contribution in [0.4, 0.5) is 17.1 Å². The minimum atomic E-state index is -3.00. The Bertz CT molecular complexity index is 2080. The smallest absolute Gasteiger partial charge is 0.264 e. The van der Waals surface area contributed by atoms with Gasteiger partial charge in [0.25, 0.3) is 11.8 Å². The fourth-order valence-corrected chi connectivity index (χ4v) is 11.9. The lowest BCUT2D eigenvalue weighted by Crippen LogP contribution is -2.46. The van der Waals surface area contributed by atoms with Crippen LogP contribution in [0.15, 0.2) is 78.9 Å². The van der Waals surface area contributed by atoms with Gasteiger partial charge in [0.15, 0.2) is 13.9 Å². The minimum absolute atomic E-state index is 0.0118. The van der Waals surface area contributed by atoms with Crippen molar-refractivity contribution in [2.24, 2.45) is 5.92 Å². The first-order chi connectivity index (χ1) is 24.5. The van der Waals surface area contributed by atoms with Gasteiger partial charge in [-0.25, -0.2) is 0 Å². The van der Waals surface area contributed by atoms with Gasteiger partial charge in [-0.3, -0.25) is 19.3 Å². The molecular formula is C40H43N3O7Si. The van der Waals surface area contributed by atoms with Gasteiger partial charge in [0.05, 0.1) is 55.8 Å². The molecule has 2 fully saturated rings. The molecule has 4 aliphatic heterocycles. The first-order valence-corrected chi connectivity index (χ1v) is 20.8. The number of aliphatic hydroxyl groups is 1. The number of fused-ring (bicyclic) bond motifs is 2. The third-order valence-corrected chi connectivity index (χ3v) is 14.0. The van der Waals surface area contributed by atoms with Crippen LogP contribution in [0.1, 0.15) is 47.7 Å². The molecule has 4 heterocycles. The Labute approximate surface area is 298 Å². The van der Waals surface area contributed by atoms with E-state index in [1.54, 1.807) is 21.8 Å². The van der Waals surface area contributed by atoms with E-state index in [9.17, 15) is 19.5 Å². The number of anilines is 3. The molecule has 3 amide bonds. The van der Waals surface area contributed by atoms with Crippen LogP contribution in [-0.2, 0) is 26.5 Å². The second-order valence-corrected chi connectivity index (χ2v) is 18.9. The number of hydrogen-bond acceptors (Lipinski definition) is 7. The molecule has 4 aromatic rings. The lowest BCUT2D eigenvalue weighted by molar-refractivity contribution is -0.150. The third kappa shape index (κ3) is 5.12. The molecule has 5 atom stereocenters. The predicted molar refractivity (Wildman–Crippen MR) is 197 cm³/mol. The van der Waals surface area contributed by atoms with E-state index in [1.807, 2.05) is 98.9 Å². The van der Waals surface area contributed by atoms with Gasteiger partial charge in [0.2, 0.25) is 5.91 Å². The quantitative estimate of drug-likeness (QED) is 0.221. The summed E-state index contributed by atoms with van der Waals surface area (Å²) in [5.41, 5.74) is 2.48. The molecule has 0 unspecified atom stereocenters. The highest BCUT2D eigenvalue weighted by Gasteiger charge is 2.66. The van der Waals surface area contributed by atoms with Gasteiger partial charge in [-0.15, -0.1) is 0 Å². The Kier molecular flexibility index (Phi) is 8.10. The molecule has 0 saturated carbocycles. The number of nitrogens with zero attached hydrogens (tertiary/aromatic N) is 3. The van der Waals surface area contributed by atoms with Crippen LogP contribution >= 0.6 is 0 Å². The molecule has 2 N–H and O–H groups in total. The molecule has 0 bridgehead atoms. The number of benzene rings is 4. The number of amides is 3. The summed E-state index contributed by atoms with van der Waals surface area (Å²) in [5.74, 6) is -0.372. The van der Waals surface area contributed by atoms with Crippen molar-refractivity contribution in [3.63, 3.8) is 0 Å². The standard InChI is InChI=1S/C40H43N3O7Si/c1-24-37(51(3,4)48)34(21-35(45)41-18-8-13-28(41)23-44)50-40(24)31-20-29(49-2)16-17-32(31)42(39(40)47)22-25-9-5-12-27(19-25)43-33-15-7-11-26-10-6-14-30(36(26)33)38(43)46/h5-7,9-12,14-17,19-20,24,28,34,37,44,48H,8,13,18,21-23H2,1-4H3/t24-,28+,34+,37-,40+/m1/s1. The SMILES string of the molecule is COc1ccc2c(c1)[C@]1(O[C@@H](CC(=O)N3CCC[C@H]3CO)[C@H]([Si](C)(C)O)[C@H]1C)C(=O)N2Cc1cccc(N2C(=O)c3cccc4cccc2c34)c1. The first-order valence-electron chi connectivity index (χ1n) is 17.7. The molecule has 8 rings (SSSR count). The Morgan fingerprint density at radius 3 is 2.53 bits per heavy atom. The van der Waals surface area contributed by atoms with E-state index in [0.29, 0.717) is 34.8 Å². The maximum atomic E-state index is 15.0. The number of carbonyl (C=O) groups is 3. The van der Waals surface area contributed by atoms with Crippen molar-refractivity contribution in [1.29, 1.82) is 0 Å². The Hall–Kier alpha value is -4.55. The monoisotopic (exact) mass is 705 g/mol. The van der Waals surface area contributed by atoms with Crippen molar-refractivity contribution in [1.82, 2.24) is 4.90 Å². The lowest BCUT2D eigenvalue weighted by Gasteiger charge is -2.33. The van der Waals surface area contributed by atoms with Crippen LogP contribution in [0, 0.1) is 5.92 Å². The predicted octanol–water partition coefficient (Wildman–Crippen LogP) is 5.86. The van der Waals surface area contributed by atoms with E-state index in [-0.39, 0.29) is 43.3 Å². The highest BCUT2D eigenvalue weighted by Crippen LogP contribution is 2.60. The molecule has 0 aromatic heterocycles. The summed E-state index contributed by atoms with van der Waals surface area (Å²) in [6.07, 6.45) is 0.880. The number of carbonyl (C=O) groups excluding carboxylic acids is 3. The average Bonchev–Trinajstić information content (AvgIpc) is 3.85. The van der Waals surface area contributed by atoms with Gasteiger partial charge >= 0.3 is 0 Å². The van der Waals surface area contributed by atoms with E-state index < -0.39 is 31.5 Å². The summed E-state index contributed by atoms with van der Waals surface area (Å²) < 4.78 is 12.5. The third-order valence-electron chi connectivity index (χ3n) is 11.5. The maximum Gasteiger partial charge on any atom is 0.264 e. The van der Waals surface area contributed by atoms with Gasteiger partial charge in [-0.05, 0) is 79.3 Å². The summed E-state index contributed by atoms with van der Waals surface area (Å²) in [7, 11) is -1.43. The van der Waals surface area contributed by atoms with Crippen molar-refractivity contribution in [2.45, 2.75) is 69.1 Å². The molecule has 0 aliphatic carbocycles. The van der Waals surface area contributed by atoms with Gasteiger partial charge in [0.1, 0.15) is 5.75 Å². The molecule has 4 aliphatic rings. The number of ether oxygens (including phenoxy) is 2. The van der Waals surface area contributed by atoms with Crippen LogP contribution in [-0.4, -0.2) is 73.2 Å². The van der Waals surface area contributed by atoms with Crippen molar-refractivity contribution >= 4 is 53.9 Å². The number of likely N-dealkylation sites (tertiary alicyclic amines) is 1. The van der Waals surface area contributed by atoms with Crippen LogP contribution in [0.5, 0.6) is 5.75 Å². The summed E-state index contributed by atoms with van der Waals surface area (Å²) in [5, 5.41) is 11.8. The fraction of sp³-hybridized carbons (Fsp3) is 0.375. The summed E-state index contributed by atoms with van der Waals surface area (Å²) >= 11 is 0. The second kappa shape index (κ2) is 12.3. The Morgan fingerprint density at radius 1 is 1.02 bits per heavy atom. The Morgan fingerprint density at radius 2 is 1.78 bits per heavy atom. The molecule has 11 heteroatoms. The van der Waals surface area contributed by atoms with E-state index >= 15 is 4.79 Å². The normalized spacial score (nSPS) is 25.5. The van der Waals surface area contributed by atoms with E-state index in [1.165, 1.54) is 0 Å². The zero-order valence-corrected chi connectivity index (χ0v) is 30.3. The van der Waals surface area contributed by atoms with Crippen molar-refractivity contribution < 1.29 is 33.8 Å². The van der Waals surface area contributed by atoms with Crippen LogP contribution in [0.25, 0.3) is 10.8 Å². The van der Waals surface area contributed by atoms with E-state index in [4.69, 9.17) is 9.47 Å². The minimum Gasteiger partial charge on any atom is -0.497 e. The molecule has 0 radical (unpaired) electrons. The van der Waals surface area contributed by atoms with Crippen molar-refractivity contribution in [3.8, 4) is 5.75 Å². The highest BCUT2D eigenvalue weighted by molar-refractivity contribution is 6.71. The summed E-state index contributed by atoms with van der Waals surface area (Å²) in [4.78, 5) is 59.3. The van der Waals surface area contributed by atoms with E-state index in [0.717, 1.165) is 34.9 Å². The van der Waals surface area contributed by atoms with Gasteiger partial charge in [-0.2, -0.15) is 0 Å². The molecule has 10 nitrogen and oxygen atoms in total. The summed E-state index contributed by atoms with van der Waals surface area (Å²) in [6, 6.07) is 24.7. The fourth-order valence-electron chi connectivity index (χ4n) is 9.33.